The second-order valence-electron chi connectivity index (χ2n) is 3.91. The lowest BCUT2D eigenvalue weighted by atomic mass is 10.1. The van der Waals surface area contributed by atoms with Gasteiger partial charge in [-0.25, -0.2) is 0 Å². The minimum absolute atomic E-state index is 0.220. The number of hydrogen-bond acceptors (Lipinski definition) is 2. The van der Waals surface area contributed by atoms with E-state index in [-0.39, 0.29) is 11.8 Å². The van der Waals surface area contributed by atoms with E-state index in [1.807, 2.05) is 19.9 Å². The van der Waals surface area contributed by atoms with Gasteiger partial charge in [-0.3, -0.25) is 20.0 Å². The topological polar surface area (TPSA) is 49.4 Å². The zero-order chi connectivity index (χ0) is 12.3. The predicted molar refractivity (Wildman–Crippen MR) is 61.8 cm³/mol. The number of aryl methyl sites for hydroxylation is 2. The Bertz CT molecular complexity index is 407. The van der Waals surface area contributed by atoms with Gasteiger partial charge in [-0.15, -0.1) is 0 Å². The average molecular weight is 220 g/mol. The normalized spacial score (nSPS) is 9.75. The predicted octanol–water partition coefficient (Wildman–Crippen LogP) is 1.43. The molecular formula is C12H16N2O2. The van der Waals surface area contributed by atoms with Crippen LogP contribution < -0.4 is 5.43 Å². The highest BCUT2D eigenvalue weighted by atomic mass is 16.2. The molecule has 0 unspecified atom stereocenters. The van der Waals surface area contributed by atoms with Crippen LogP contribution in [0.3, 0.4) is 0 Å². The van der Waals surface area contributed by atoms with Crippen LogP contribution in [0, 0.1) is 13.8 Å². The molecule has 1 aromatic carbocycles. The molecule has 86 valence electrons. The highest BCUT2D eigenvalue weighted by Crippen LogP contribution is 2.10. The molecule has 2 amide bonds. The Labute approximate surface area is 95.2 Å². The summed E-state index contributed by atoms with van der Waals surface area (Å²) in [4.78, 5) is 22.7. The van der Waals surface area contributed by atoms with Gasteiger partial charge in [0.25, 0.3) is 5.91 Å². The lowest BCUT2D eigenvalue weighted by Crippen LogP contribution is -2.42. The van der Waals surface area contributed by atoms with Crippen LogP contribution >= 0.6 is 0 Å². The third kappa shape index (κ3) is 3.08. The molecule has 0 aliphatic heterocycles. The van der Waals surface area contributed by atoms with Gasteiger partial charge in [-0.05, 0) is 26.0 Å². The lowest BCUT2D eigenvalue weighted by molar-refractivity contribution is -0.122. The maximum atomic E-state index is 11.9. The molecule has 0 heterocycles. The number of nitrogens with one attached hydrogen (secondary N) is 1. The van der Waals surface area contributed by atoms with Gasteiger partial charge >= 0.3 is 0 Å². The van der Waals surface area contributed by atoms with Gasteiger partial charge in [0.05, 0.1) is 0 Å². The third-order valence-corrected chi connectivity index (χ3v) is 2.10. The van der Waals surface area contributed by atoms with Crippen molar-refractivity contribution in [2.45, 2.75) is 20.8 Å². The summed E-state index contributed by atoms with van der Waals surface area (Å²) in [5, 5.41) is 1.19. The number of hydrazine groups is 1. The fraction of sp³-hybridized carbons (Fsp3) is 0.333. The van der Waals surface area contributed by atoms with Gasteiger partial charge in [-0.2, -0.15) is 0 Å². The molecule has 0 saturated heterocycles. The monoisotopic (exact) mass is 220 g/mol. The smallest absolute Gasteiger partial charge is 0.272 e. The highest BCUT2D eigenvalue weighted by molar-refractivity contribution is 5.95. The van der Waals surface area contributed by atoms with Crippen LogP contribution in [0.1, 0.15) is 28.4 Å². The quantitative estimate of drug-likeness (QED) is 0.728. The van der Waals surface area contributed by atoms with Gasteiger partial charge in [0.1, 0.15) is 0 Å². The van der Waals surface area contributed by atoms with Crippen LogP contribution in [0.15, 0.2) is 18.2 Å². The molecule has 0 spiro atoms. The van der Waals surface area contributed by atoms with Crippen molar-refractivity contribution in [3.05, 3.63) is 34.9 Å². The van der Waals surface area contributed by atoms with Crippen molar-refractivity contribution in [1.29, 1.82) is 0 Å². The Kier molecular flexibility index (Phi) is 3.66. The van der Waals surface area contributed by atoms with E-state index < -0.39 is 0 Å². The molecule has 0 aliphatic rings. The number of hydrogen-bond donors (Lipinski definition) is 1. The van der Waals surface area contributed by atoms with Crippen molar-refractivity contribution in [3.8, 4) is 0 Å². The van der Waals surface area contributed by atoms with E-state index in [0.717, 1.165) is 11.1 Å². The first kappa shape index (κ1) is 12.2. The highest BCUT2D eigenvalue weighted by Gasteiger charge is 2.12. The Balaban J connectivity index is 2.91. The second kappa shape index (κ2) is 4.79. The molecule has 0 atom stereocenters. The molecule has 4 heteroatoms. The summed E-state index contributed by atoms with van der Waals surface area (Å²) in [6, 6.07) is 5.59. The van der Waals surface area contributed by atoms with Crippen LogP contribution in [-0.2, 0) is 4.79 Å². The van der Waals surface area contributed by atoms with E-state index in [1.54, 1.807) is 12.1 Å². The summed E-state index contributed by atoms with van der Waals surface area (Å²) in [5.41, 5.74) is 5.06. The fourth-order valence-corrected chi connectivity index (χ4v) is 1.58. The number of carbonyl (C=O) groups excluding carboxylic acids is 2. The molecule has 1 N–H and O–H groups in total. The zero-order valence-corrected chi connectivity index (χ0v) is 10.00. The number of nitrogens with zero attached hydrogens (tertiary/aromatic N) is 1. The van der Waals surface area contributed by atoms with Gasteiger partial charge in [0.15, 0.2) is 0 Å². The third-order valence-electron chi connectivity index (χ3n) is 2.10. The Morgan fingerprint density at radius 3 is 2.06 bits per heavy atom. The van der Waals surface area contributed by atoms with Gasteiger partial charge in [0.2, 0.25) is 5.91 Å². The standard InChI is InChI=1S/C12H16N2O2/c1-8-5-9(2)7-11(6-8)12(16)14(4)13-10(3)15/h5-7H,1-4H3,(H,13,15). The van der Waals surface area contributed by atoms with Crippen molar-refractivity contribution in [2.24, 2.45) is 0 Å². The van der Waals surface area contributed by atoms with Crippen molar-refractivity contribution in [2.75, 3.05) is 7.05 Å². The van der Waals surface area contributed by atoms with Crippen molar-refractivity contribution < 1.29 is 9.59 Å². The first-order valence-electron chi connectivity index (χ1n) is 5.03. The minimum atomic E-state index is -0.264. The summed E-state index contributed by atoms with van der Waals surface area (Å²) < 4.78 is 0. The van der Waals surface area contributed by atoms with Gasteiger partial charge in [0, 0.05) is 19.5 Å². The average Bonchev–Trinajstić information content (AvgIpc) is 2.13. The Morgan fingerprint density at radius 1 is 1.12 bits per heavy atom. The maximum Gasteiger partial charge on any atom is 0.272 e. The lowest BCUT2D eigenvalue weighted by Gasteiger charge is -2.17. The fourth-order valence-electron chi connectivity index (χ4n) is 1.58. The molecule has 1 aromatic rings. The molecule has 16 heavy (non-hydrogen) atoms. The SMILES string of the molecule is CC(=O)NN(C)C(=O)c1cc(C)cc(C)c1. The molecule has 0 fully saturated rings. The van der Waals surface area contributed by atoms with Crippen LogP contribution in [0.25, 0.3) is 0 Å². The van der Waals surface area contributed by atoms with Crippen molar-refractivity contribution in [1.82, 2.24) is 10.4 Å². The summed E-state index contributed by atoms with van der Waals surface area (Å²) >= 11 is 0. The van der Waals surface area contributed by atoms with Crippen LogP contribution in [-0.4, -0.2) is 23.9 Å². The van der Waals surface area contributed by atoms with Gasteiger partial charge < -0.3 is 0 Å². The minimum Gasteiger partial charge on any atom is -0.274 e. The second-order valence-corrected chi connectivity index (χ2v) is 3.91. The summed E-state index contributed by atoms with van der Waals surface area (Å²) in [6.07, 6.45) is 0. The van der Waals surface area contributed by atoms with E-state index in [0.29, 0.717) is 5.56 Å². The molecule has 0 aromatic heterocycles. The van der Waals surface area contributed by atoms with Crippen LogP contribution in [0.5, 0.6) is 0 Å². The number of benzene rings is 1. The van der Waals surface area contributed by atoms with Crippen LogP contribution in [0.4, 0.5) is 0 Å². The zero-order valence-electron chi connectivity index (χ0n) is 10.00. The maximum absolute atomic E-state index is 11.9. The van der Waals surface area contributed by atoms with E-state index in [1.165, 1.54) is 19.0 Å². The number of rotatable bonds is 1. The Morgan fingerprint density at radius 2 is 1.62 bits per heavy atom. The van der Waals surface area contributed by atoms with E-state index >= 15 is 0 Å². The first-order valence-corrected chi connectivity index (χ1v) is 5.03. The molecule has 4 nitrogen and oxygen atoms in total. The Hall–Kier alpha value is -1.84. The summed E-state index contributed by atoms with van der Waals surface area (Å²) in [6.45, 7) is 5.23. The number of amides is 2. The van der Waals surface area contributed by atoms with E-state index in [9.17, 15) is 9.59 Å². The first-order chi connectivity index (χ1) is 7.40. The van der Waals surface area contributed by atoms with Crippen LogP contribution in [0.2, 0.25) is 0 Å². The largest absolute Gasteiger partial charge is 0.274 e. The molecule has 0 aliphatic carbocycles. The molecule has 0 bridgehead atoms. The van der Waals surface area contributed by atoms with E-state index in [2.05, 4.69) is 5.43 Å². The summed E-state index contributed by atoms with van der Waals surface area (Å²) in [7, 11) is 1.53. The molecule has 1 rings (SSSR count). The van der Waals surface area contributed by atoms with Crippen molar-refractivity contribution >= 4 is 11.8 Å². The molecule has 0 radical (unpaired) electrons. The molecular weight excluding hydrogens is 204 g/mol. The van der Waals surface area contributed by atoms with Gasteiger partial charge in [-0.1, -0.05) is 17.2 Å². The summed E-state index contributed by atoms with van der Waals surface area (Å²) in [5.74, 6) is -0.484. The number of carbonyl (C=O) groups is 2. The van der Waals surface area contributed by atoms with E-state index in [4.69, 9.17) is 0 Å². The van der Waals surface area contributed by atoms with Crippen molar-refractivity contribution in [3.63, 3.8) is 0 Å². The molecule has 0 saturated carbocycles.